The van der Waals surface area contributed by atoms with E-state index >= 15 is 4.39 Å². The predicted octanol–water partition coefficient (Wildman–Crippen LogP) is 5.23. The van der Waals surface area contributed by atoms with Crippen molar-refractivity contribution in [3.63, 3.8) is 0 Å². The van der Waals surface area contributed by atoms with Crippen LogP contribution in [-0.2, 0) is 5.41 Å². The molecule has 0 spiro atoms. The number of benzene rings is 1. The Kier molecular flexibility index (Phi) is 3.71. The fourth-order valence-electron chi connectivity index (χ4n) is 5.06. The number of fused-ring (bicyclic) bond motifs is 3. The van der Waals surface area contributed by atoms with Crippen LogP contribution in [0, 0.1) is 12.7 Å². The minimum Gasteiger partial charge on any atom is -0.387 e. The Labute approximate surface area is 158 Å². The molecule has 1 fully saturated rings. The molecule has 2 atom stereocenters. The van der Waals surface area contributed by atoms with Crippen LogP contribution in [0.15, 0.2) is 24.4 Å². The number of halogens is 2. The number of nitrogens with one attached hydrogen (secondary N) is 1. The molecule has 1 aromatic carbocycles. The molecule has 1 aliphatic heterocycles. The van der Waals surface area contributed by atoms with Crippen molar-refractivity contribution in [2.24, 2.45) is 0 Å². The number of aromatic nitrogens is 1. The highest BCUT2D eigenvalue weighted by Gasteiger charge is 2.62. The first-order valence-corrected chi connectivity index (χ1v) is 9.44. The van der Waals surface area contributed by atoms with Gasteiger partial charge in [-0.05, 0) is 69.4 Å². The zero-order valence-corrected chi connectivity index (χ0v) is 16.3. The lowest BCUT2D eigenvalue weighted by molar-refractivity contribution is -0.0628. The normalized spacial score (nSPS) is 29.0. The standard InChI is InChI=1S/C21H24ClFN2O/c1-12-8-14(18(22)24-11-12)13-9-15-17(10-16(13)23)25-19(2,3)21(26)7-5-6-20(15,21)4/h8-11,25-26H,5-7H2,1-4H3. The Hall–Kier alpha value is -1.65. The maximum Gasteiger partial charge on any atom is 0.136 e. The first kappa shape index (κ1) is 17.7. The van der Waals surface area contributed by atoms with Gasteiger partial charge >= 0.3 is 0 Å². The van der Waals surface area contributed by atoms with Crippen molar-refractivity contribution >= 4 is 17.3 Å². The zero-order valence-electron chi connectivity index (χ0n) is 15.6. The summed E-state index contributed by atoms with van der Waals surface area (Å²) in [6, 6.07) is 5.24. The number of aryl methyl sites for hydroxylation is 1. The van der Waals surface area contributed by atoms with Crippen LogP contribution in [0.4, 0.5) is 10.1 Å². The van der Waals surface area contributed by atoms with Crippen molar-refractivity contribution in [3.05, 3.63) is 46.5 Å². The first-order chi connectivity index (χ1) is 12.1. The van der Waals surface area contributed by atoms with E-state index in [1.807, 2.05) is 32.9 Å². The summed E-state index contributed by atoms with van der Waals surface area (Å²) in [5, 5.41) is 15.2. The van der Waals surface area contributed by atoms with E-state index in [2.05, 4.69) is 17.2 Å². The summed E-state index contributed by atoms with van der Waals surface area (Å²) in [6.45, 7) is 7.99. The number of rotatable bonds is 1. The second-order valence-electron chi connectivity index (χ2n) is 8.52. The number of nitrogens with zero attached hydrogens (tertiary/aromatic N) is 1. The molecule has 3 nitrogen and oxygen atoms in total. The quantitative estimate of drug-likeness (QED) is 0.672. The fraction of sp³-hybridized carbons (Fsp3) is 0.476. The molecule has 1 aliphatic carbocycles. The Morgan fingerprint density at radius 3 is 2.62 bits per heavy atom. The Balaban J connectivity index is 1.97. The number of anilines is 1. The molecular formula is C21H24ClFN2O. The molecule has 2 aliphatic rings. The van der Waals surface area contributed by atoms with Crippen molar-refractivity contribution in [2.75, 3.05) is 5.32 Å². The summed E-state index contributed by atoms with van der Waals surface area (Å²) in [4.78, 5) is 4.16. The average Bonchev–Trinajstić information content (AvgIpc) is 2.87. The van der Waals surface area contributed by atoms with E-state index in [1.54, 1.807) is 6.20 Å². The minimum absolute atomic E-state index is 0.283. The van der Waals surface area contributed by atoms with Crippen LogP contribution < -0.4 is 5.32 Å². The third-order valence-electron chi connectivity index (χ3n) is 6.58. The maximum atomic E-state index is 15.0. The summed E-state index contributed by atoms with van der Waals surface area (Å²) in [5.41, 5.74) is 1.77. The lowest BCUT2D eigenvalue weighted by Crippen LogP contribution is -2.65. The third-order valence-corrected chi connectivity index (χ3v) is 6.88. The Morgan fingerprint density at radius 2 is 1.88 bits per heavy atom. The molecule has 0 bridgehead atoms. The number of pyridine rings is 1. The SMILES string of the molecule is Cc1cnc(Cl)c(-c2cc3c(cc2F)NC(C)(C)C2(O)CCCC32C)c1. The van der Waals surface area contributed by atoms with Crippen molar-refractivity contribution in [1.29, 1.82) is 0 Å². The number of hydrogen-bond donors (Lipinski definition) is 2. The van der Waals surface area contributed by atoms with Gasteiger partial charge in [0.25, 0.3) is 0 Å². The molecule has 2 aromatic rings. The smallest absolute Gasteiger partial charge is 0.136 e. The van der Waals surface area contributed by atoms with Crippen LogP contribution in [0.5, 0.6) is 0 Å². The highest BCUT2D eigenvalue weighted by Crippen LogP contribution is 2.59. The van der Waals surface area contributed by atoms with Crippen LogP contribution in [0.25, 0.3) is 11.1 Å². The van der Waals surface area contributed by atoms with Crippen LogP contribution in [0.3, 0.4) is 0 Å². The molecule has 4 rings (SSSR count). The first-order valence-electron chi connectivity index (χ1n) is 9.06. The largest absolute Gasteiger partial charge is 0.387 e. The Bertz CT molecular complexity index is 913. The lowest BCUT2D eigenvalue weighted by Gasteiger charge is -2.55. The van der Waals surface area contributed by atoms with Gasteiger partial charge in [0, 0.05) is 28.4 Å². The van der Waals surface area contributed by atoms with E-state index in [9.17, 15) is 5.11 Å². The van der Waals surface area contributed by atoms with Crippen LogP contribution in [0.2, 0.25) is 5.15 Å². The second kappa shape index (κ2) is 5.43. The van der Waals surface area contributed by atoms with E-state index in [0.29, 0.717) is 11.1 Å². The maximum absolute atomic E-state index is 15.0. The number of hydrogen-bond acceptors (Lipinski definition) is 3. The van der Waals surface area contributed by atoms with Gasteiger partial charge < -0.3 is 10.4 Å². The summed E-state index contributed by atoms with van der Waals surface area (Å²) in [6.07, 6.45) is 4.20. The van der Waals surface area contributed by atoms with E-state index in [0.717, 1.165) is 36.1 Å². The van der Waals surface area contributed by atoms with E-state index in [1.165, 1.54) is 6.07 Å². The van der Waals surface area contributed by atoms with Gasteiger partial charge in [0.15, 0.2) is 0 Å². The molecule has 2 N–H and O–H groups in total. The molecule has 2 heterocycles. The van der Waals surface area contributed by atoms with Crippen molar-refractivity contribution < 1.29 is 9.50 Å². The van der Waals surface area contributed by atoms with Gasteiger partial charge in [-0.3, -0.25) is 0 Å². The molecule has 1 aromatic heterocycles. The summed E-state index contributed by atoms with van der Waals surface area (Å²) in [7, 11) is 0. The van der Waals surface area contributed by atoms with Gasteiger partial charge in [-0.2, -0.15) is 0 Å². The lowest BCUT2D eigenvalue weighted by atomic mass is 9.60. The number of aliphatic hydroxyl groups is 1. The molecule has 5 heteroatoms. The van der Waals surface area contributed by atoms with E-state index < -0.39 is 16.6 Å². The van der Waals surface area contributed by atoms with Crippen molar-refractivity contribution in [1.82, 2.24) is 4.98 Å². The molecule has 0 saturated heterocycles. The highest BCUT2D eigenvalue weighted by atomic mass is 35.5. The van der Waals surface area contributed by atoms with Gasteiger partial charge in [0.2, 0.25) is 0 Å². The highest BCUT2D eigenvalue weighted by molar-refractivity contribution is 6.32. The minimum atomic E-state index is -0.892. The van der Waals surface area contributed by atoms with Gasteiger partial charge in [0.05, 0.1) is 11.1 Å². The molecule has 2 unspecified atom stereocenters. The Morgan fingerprint density at radius 1 is 1.15 bits per heavy atom. The summed E-state index contributed by atoms with van der Waals surface area (Å²) < 4.78 is 15.0. The molecular weight excluding hydrogens is 351 g/mol. The van der Waals surface area contributed by atoms with Crippen molar-refractivity contribution in [3.8, 4) is 11.1 Å². The molecule has 1 saturated carbocycles. The monoisotopic (exact) mass is 374 g/mol. The van der Waals surface area contributed by atoms with E-state index in [-0.39, 0.29) is 11.0 Å². The third kappa shape index (κ3) is 2.18. The van der Waals surface area contributed by atoms with Gasteiger partial charge in [-0.15, -0.1) is 0 Å². The second-order valence-corrected chi connectivity index (χ2v) is 8.88. The zero-order chi connectivity index (χ0) is 18.9. The topological polar surface area (TPSA) is 45.2 Å². The molecule has 0 amide bonds. The van der Waals surface area contributed by atoms with Crippen LogP contribution in [-0.4, -0.2) is 21.2 Å². The van der Waals surface area contributed by atoms with Crippen molar-refractivity contribution in [2.45, 2.75) is 63.5 Å². The molecule has 26 heavy (non-hydrogen) atoms. The van der Waals surface area contributed by atoms with E-state index in [4.69, 9.17) is 11.6 Å². The van der Waals surface area contributed by atoms with Crippen LogP contribution in [0.1, 0.15) is 51.2 Å². The van der Waals surface area contributed by atoms with Crippen LogP contribution >= 0.6 is 11.6 Å². The molecule has 138 valence electrons. The summed E-state index contributed by atoms with van der Waals surface area (Å²) >= 11 is 6.26. The van der Waals surface area contributed by atoms with Gasteiger partial charge in [0.1, 0.15) is 11.0 Å². The predicted molar refractivity (Wildman–Crippen MR) is 103 cm³/mol. The fourth-order valence-corrected chi connectivity index (χ4v) is 5.27. The summed E-state index contributed by atoms with van der Waals surface area (Å²) in [5.74, 6) is -0.339. The average molecular weight is 375 g/mol. The molecule has 0 radical (unpaired) electrons. The van der Waals surface area contributed by atoms with Gasteiger partial charge in [-0.1, -0.05) is 18.5 Å². The van der Waals surface area contributed by atoms with Gasteiger partial charge in [-0.25, -0.2) is 9.37 Å².